The van der Waals surface area contributed by atoms with Crippen molar-refractivity contribution in [3.05, 3.63) is 166 Å². The molecule has 6 aromatic rings. The molecule has 0 aliphatic carbocycles. The summed E-state index contributed by atoms with van der Waals surface area (Å²) in [4.78, 5) is 0. The Morgan fingerprint density at radius 2 is 0.655 bits per heavy atom. The second kappa shape index (κ2) is 25.3. The molecule has 0 aliphatic rings. The second-order valence-corrected chi connectivity index (χ2v) is 15.7. The summed E-state index contributed by atoms with van der Waals surface area (Å²) >= 11 is 14.2. The summed E-state index contributed by atoms with van der Waals surface area (Å²) in [6.45, 7) is 0. The van der Waals surface area contributed by atoms with Crippen LogP contribution >= 0.6 is 86.3 Å². The lowest BCUT2D eigenvalue weighted by atomic mass is 9.78. The minimum atomic E-state index is -1.92. The summed E-state index contributed by atoms with van der Waals surface area (Å²) < 4.78 is 81.5. The highest BCUT2D eigenvalue weighted by Crippen LogP contribution is 2.27. The van der Waals surface area contributed by atoms with Crippen LogP contribution in [0.1, 0.15) is 14.9 Å². The van der Waals surface area contributed by atoms with E-state index in [1.807, 2.05) is 6.07 Å². The monoisotopic (exact) mass is 1170 g/mol. The fourth-order valence-corrected chi connectivity index (χ4v) is 5.77. The Hall–Kier alpha value is -2.50. The summed E-state index contributed by atoms with van der Waals surface area (Å²) in [6, 6.07) is 25.6. The highest BCUT2D eigenvalue weighted by Gasteiger charge is 2.19. The quantitative estimate of drug-likeness (QED) is 0.0445. The highest BCUT2D eigenvalue weighted by atomic mass is 127. The first-order valence-electron chi connectivity index (χ1n) is 15.4. The molecule has 0 amide bonds. The molecule has 0 spiro atoms. The van der Waals surface area contributed by atoms with Crippen LogP contribution in [0.4, 0.5) is 26.3 Å². The van der Waals surface area contributed by atoms with Gasteiger partial charge in [0.05, 0.1) is 17.9 Å². The van der Waals surface area contributed by atoms with Crippen LogP contribution in [0.15, 0.2) is 127 Å². The second-order valence-electron chi connectivity index (χ2n) is 11.1. The average molecular weight is 1180 g/mol. The van der Waals surface area contributed by atoms with Crippen molar-refractivity contribution in [2.45, 2.75) is 14.9 Å². The third-order valence-corrected chi connectivity index (χ3v) is 10.4. The van der Waals surface area contributed by atoms with E-state index in [1.165, 1.54) is 54.6 Å². The molecule has 20 heteroatoms. The smallest absolute Gasteiger partial charge is 0.423 e. The Kier molecular flexibility index (Phi) is 23.4. The first-order chi connectivity index (χ1) is 26.3. The number of rotatable bonds is 5. The lowest BCUT2D eigenvalue weighted by Crippen LogP contribution is -2.33. The van der Waals surface area contributed by atoms with Crippen LogP contribution in [0.2, 0.25) is 0 Å². The average Bonchev–Trinajstić information content (AvgIpc) is 3.14. The lowest BCUT2D eigenvalue weighted by molar-refractivity contribution is 0.421. The van der Waals surface area contributed by atoms with Crippen molar-refractivity contribution in [3.63, 3.8) is 0 Å². The molecule has 0 fully saturated rings. The molecule has 0 atom stereocenters. The van der Waals surface area contributed by atoms with E-state index < -0.39 is 38.8 Å². The van der Waals surface area contributed by atoms with E-state index in [0.29, 0.717) is 40.1 Å². The predicted octanol–water partition coefficient (Wildman–Crippen LogP) is 8.88. The van der Waals surface area contributed by atoms with Crippen LogP contribution in [-0.2, 0) is 0 Å². The van der Waals surface area contributed by atoms with Crippen molar-refractivity contribution in [2.75, 3.05) is 0 Å². The third kappa shape index (κ3) is 16.2. The SMILES string of the molecule is C.C.Fc1cc(-c2ccc(Br)c(F)c2)ccc1Br.Fc1cc(I)ccc1Br.OB(O)c1ccc(-c2ccc(B(O)O)c(F)c2)cc1F.OB(O)c1ccc(Br)c(F)c1. The van der Waals surface area contributed by atoms with Gasteiger partial charge in [-0.3, -0.25) is 0 Å². The van der Waals surface area contributed by atoms with Crippen LogP contribution < -0.4 is 16.4 Å². The van der Waals surface area contributed by atoms with Gasteiger partial charge in [-0.1, -0.05) is 57.3 Å². The van der Waals surface area contributed by atoms with E-state index in [2.05, 4.69) is 86.3 Å². The van der Waals surface area contributed by atoms with Gasteiger partial charge >= 0.3 is 21.4 Å². The topological polar surface area (TPSA) is 121 Å². The van der Waals surface area contributed by atoms with Gasteiger partial charge < -0.3 is 30.1 Å². The zero-order chi connectivity index (χ0) is 41.9. The van der Waals surface area contributed by atoms with Gasteiger partial charge in [-0.2, -0.15) is 0 Å². The maximum atomic E-state index is 13.6. The normalized spacial score (nSPS) is 9.88. The van der Waals surface area contributed by atoms with E-state index in [1.54, 1.807) is 30.3 Å². The summed E-state index contributed by atoms with van der Waals surface area (Å²) in [7, 11) is -5.46. The van der Waals surface area contributed by atoms with Crippen LogP contribution in [0.3, 0.4) is 0 Å². The van der Waals surface area contributed by atoms with Crippen molar-refractivity contribution in [2.24, 2.45) is 0 Å². The molecule has 0 radical (unpaired) electrons. The van der Waals surface area contributed by atoms with Crippen molar-refractivity contribution in [1.82, 2.24) is 0 Å². The molecule has 6 rings (SSSR count). The Labute approximate surface area is 380 Å². The minimum absolute atomic E-state index is 0. The fourth-order valence-electron chi connectivity index (χ4n) is 4.33. The van der Waals surface area contributed by atoms with Crippen molar-refractivity contribution < 1.29 is 56.5 Å². The molecule has 306 valence electrons. The Bertz CT molecular complexity index is 2180. The minimum Gasteiger partial charge on any atom is -0.423 e. The predicted molar refractivity (Wildman–Crippen MR) is 243 cm³/mol. The maximum absolute atomic E-state index is 13.6. The highest BCUT2D eigenvalue weighted by molar-refractivity contribution is 14.1. The lowest BCUT2D eigenvalue weighted by Gasteiger charge is -2.08. The van der Waals surface area contributed by atoms with Gasteiger partial charge in [0, 0.05) is 14.5 Å². The van der Waals surface area contributed by atoms with Gasteiger partial charge in [-0.25, -0.2) is 26.3 Å². The van der Waals surface area contributed by atoms with Crippen LogP contribution in [0.5, 0.6) is 0 Å². The van der Waals surface area contributed by atoms with E-state index in [-0.39, 0.29) is 48.7 Å². The number of halogens is 11. The first kappa shape index (κ1) is 53.5. The molecule has 0 aliphatic heterocycles. The Morgan fingerprint density at radius 1 is 0.362 bits per heavy atom. The molecular weight excluding hydrogens is 1150 g/mol. The van der Waals surface area contributed by atoms with Crippen molar-refractivity contribution in [1.29, 1.82) is 0 Å². The molecule has 0 aromatic heterocycles. The van der Waals surface area contributed by atoms with Gasteiger partial charge in [-0.15, -0.1) is 0 Å². The van der Waals surface area contributed by atoms with E-state index in [0.717, 1.165) is 21.8 Å². The molecule has 0 bridgehead atoms. The summed E-state index contributed by atoms with van der Waals surface area (Å²) in [6.07, 6.45) is 0. The molecule has 0 saturated heterocycles. The maximum Gasteiger partial charge on any atom is 0.491 e. The molecule has 0 saturated carbocycles. The molecule has 6 aromatic carbocycles. The van der Waals surface area contributed by atoms with Crippen molar-refractivity contribution >= 4 is 124 Å². The van der Waals surface area contributed by atoms with Crippen LogP contribution in [0, 0.1) is 38.5 Å². The largest absolute Gasteiger partial charge is 0.491 e. The van der Waals surface area contributed by atoms with Gasteiger partial charge in [0.25, 0.3) is 0 Å². The fraction of sp³-hybridized carbons (Fsp3) is 0.0526. The zero-order valence-electron chi connectivity index (χ0n) is 28.0. The molecule has 0 heterocycles. The van der Waals surface area contributed by atoms with Gasteiger partial charge in [0.1, 0.15) is 34.9 Å². The summed E-state index contributed by atoms with van der Waals surface area (Å²) in [5.41, 5.74) is 1.52. The molecular formula is C38H32B3Br4F6IO6. The van der Waals surface area contributed by atoms with E-state index in [4.69, 9.17) is 30.1 Å². The first-order valence-corrected chi connectivity index (χ1v) is 19.7. The van der Waals surface area contributed by atoms with Crippen molar-refractivity contribution in [3.8, 4) is 22.3 Å². The Morgan fingerprint density at radius 3 is 0.931 bits per heavy atom. The summed E-state index contributed by atoms with van der Waals surface area (Å²) in [5, 5.41) is 52.9. The molecule has 0 unspecified atom stereocenters. The van der Waals surface area contributed by atoms with Gasteiger partial charge in [-0.05, 0) is 181 Å². The number of hydrogen-bond donors (Lipinski definition) is 6. The molecule has 6 N–H and O–H groups in total. The van der Waals surface area contributed by atoms with Crippen LogP contribution in [0.25, 0.3) is 22.3 Å². The van der Waals surface area contributed by atoms with E-state index >= 15 is 0 Å². The Balaban J connectivity index is 0.000000399. The number of hydrogen-bond acceptors (Lipinski definition) is 6. The molecule has 58 heavy (non-hydrogen) atoms. The third-order valence-electron chi connectivity index (χ3n) is 7.19. The van der Waals surface area contributed by atoms with E-state index in [9.17, 15) is 26.3 Å². The molecule has 6 nitrogen and oxygen atoms in total. The number of benzene rings is 6. The standard InChI is InChI=1S/C12H10B2F2O4.C12H6Br2F2.C6H5BBrFO2.C6H3BrFI.2CH4/c15-11-5-7(1-3-9(11)13(17)18)8-2-4-10(14(19)20)12(16)6-8;13-9-3-1-7(5-11(9)15)8-2-4-10(14)12(16)6-8;8-5-2-1-4(7(10)11)3-6(5)9;7-5-2-1-4(9)3-6(5)8;;/h1-6,17-20H;1-6H;1-3,10-11H;1-3H;2*1H4. The van der Waals surface area contributed by atoms with Gasteiger partial charge in [0.2, 0.25) is 0 Å². The van der Waals surface area contributed by atoms with Gasteiger partial charge in [0.15, 0.2) is 0 Å². The van der Waals surface area contributed by atoms with Crippen LogP contribution in [-0.4, -0.2) is 51.5 Å². The zero-order valence-corrected chi connectivity index (χ0v) is 36.5. The summed E-state index contributed by atoms with van der Waals surface area (Å²) in [5.74, 6) is -3.09.